The summed E-state index contributed by atoms with van der Waals surface area (Å²) in [6.07, 6.45) is 3.76. The van der Waals surface area contributed by atoms with Crippen molar-refractivity contribution in [3.63, 3.8) is 0 Å². The predicted octanol–water partition coefficient (Wildman–Crippen LogP) is 1.97. The number of fused-ring (bicyclic) bond motifs is 1. The smallest absolute Gasteiger partial charge is 0.224 e. The van der Waals surface area contributed by atoms with Crippen LogP contribution in [0.25, 0.3) is 10.9 Å². The lowest BCUT2D eigenvalue weighted by molar-refractivity contribution is -0.136. The molecule has 1 amide bonds. The Morgan fingerprint density at radius 1 is 1.39 bits per heavy atom. The Hall–Kier alpha value is -1.85. The fraction of sp³-hybridized carbons (Fsp3) is 0.500. The van der Waals surface area contributed by atoms with Crippen LogP contribution in [0.5, 0.6) is 0 Å². The first-order valence-corrected chi connectivity index (χ1v) is 8.17. The van der Waals surface area contributed by atoms with Crippen LogP contribution in [-0.4, -0.2) is 58.6 Å². The molecule has 2 N–H and O–H groups in total. The van der Waals surface area contributed by atoms with E-state index in [1.54, 1.807) is 19.0 Å². The van der Waals surface area contributed by atoms with Crippen molar-refractivity contribution >= 4 is 16.8 Å². The van der Waals surface area contributed by atoms with Crippen molar-refractivity contribution < 1.29 is 9.90 Å². The molecular formula is C18H25N3O2. The lowest BCUT2D eigenvalue weighted by atomic mass is 9.88. The second-order valence-electron chi connectivity index (χ2n) is 6.86. The van der Waals surface area contributed by atoms with Gasteiger partial charge in [-0.1, -0.05) is 12.1 Å². The van der Waals surface area contributed by atoms with Gasteiger partial charge in [0.2, 0.25) is 5.91 Å². The number of H-pyrrole nitrogens is 1. The van der Waals surface area contributed by atoms with Crippen molar-refractivity contribution in [2.24, 2.45) is 0 Å². The number of β-amino-alcohol motifs (C(OH)–C–C–N with tert-alkyl or cyclic N) is 1. The minimum Gasteiger partial charge on any atom is -0.388 e. The molecule has 1 fully saturated rings. The number of carbonyl (C=O) groups excluding carboxylic acids is 1. The third kappa shape index (κ3) is 3.57. The van der Waals surface area contributed by atoms with Crippen LogP contribution in [0.4, 0.5) is 0 Å². The zero-order valence-corrected chi connectivity index (χ0v) is 13.9. The fourth-order valence-corrected chi connectivity index (χ4v) is 3.45. The topological polar surface area (TPSA) is 59.6 Å². The average Bonchev–Trinajstić information content (AvgIpc) is 2.96. The molecule has 3 rings (SSSR count). The van der Waals surface area contributed by atoms with Crippen LogP contribution < -0.4 is 0 Å². The second kappa shape index (κ2) is 6.34. The molecule has 5 heteroatoms. The van der Waals surface area contributed by atoms with Gasteiger partial charge in [0.15, 0.2) is 0 Å². The summed E-state index contributed by atoms with van der Waals surface area (Å²) in [5.74, 6) is -0.0120. The summed E-state index contributed by atoms with van der Waals surface area (Å²) in [7, 11) is 3.47. The number of piperidine rings is 1. The van der Waals surface area contributed by atoms with E-state index < -0.39 is 5.60 Å². The van der Waals surface area contributed by atoms with Gasteiger partial charge in [-0.15, -0.1) is 0 Å². The maximum Gasteiger partial charge on any atom is 0.224 e. The molecular weight excluding hydrogens is 290 g/mol. The Balaban J connectivity index is 1.71. The first kappa shape index (κ1) is 16.0. The molecule has 1 aliphatic rings. The molecule has 0 aliphatic carbocycles. The van der Waals surface area contributed by atoms with Crippen LogP contribution in [0.15, 0.2) is 30.5 Å². The number of likely N-dealkylation sites (tertiary alicyclic amines) is 1. The van der Waals surface area contributed by atoms with E-state index in [1.807, 2.05) is 6.20 Å². The third-order valence-corrected chi connectivity index (χ3v) is 4.69. The van der Waals surface area contributed by atoms with Crippen molar-refractivity contribution in [2.45, 2.75) is 31.4 Å². The number of hydrogen-bond donors (Lipinski definition) is 2. The van der Waals surface area contributed by atoms with Gasteiger partial charge in [-0.05, 0) is 37.1 Å². The zero-order chi connectivity index (χ0) is 16.4. The largest absolute Gasteiger partial charge is 0.388 e. The molecule has 5 nitrogen and oxygen atoms in total. The number of benzene rings is 1. The van der Waals surface area contributed by atoms with Crippen molar-refractivity contribution in [3.8, 4) is 0 Å². The number of rotatable bonds is 4. The maximum atomic E-state index is 12.0. The van der Waals surface area contributed by atoms with Gasteiger partial charge in [0.25, 0.3) is 0 Å². The Bertz CT molecular complexity index is 694. The molecule has 0 spiro atoms. The fourth-order valence-electron chi connectivity index (χ4n) is 3.45. The number of hydrogen-bond acceptors (Lipinski definition) is 3. The first-order chi connectivity index (χ1) is 11.0. The number of nitrogens with one attached hydrogen (secondary N) is 1. The number of aliphatic hydroxyl groups is 1. The summed E-state index contributed by atoms with van der Waals surface area (Å²) in [5, 5.41) is 12.0. The molecule has 1 unspecified atom stereocenters. The molecule has 23 heavy (non-hydrogen) atoms. The number of amides is 1. The van der Waals surface area contributed by atoms with Gasteiger partial charge in [-0.2, -0.15) is 0 Å². The highest BCUT2D eigenvalue weighted by molar-refractivity contribution is 5.82. The molecule has 124 valence electrons. The van der Waals surface area contributed by atoms with Crippen molar-refractivity contribution in [2.75, 3.05) is 27.2 Å². The molecule has 1 aliphatic heterocycles. The molecule has 0 bridgehead atoms. The van der Waals surface area contributed by atoms with E-state index in [0.717, 1.165) is 25.0 Å². The van der Waals surface area contributed by atoms with Gasteiger partial charge < -0.3 is 15.0 Å². The molecule has 1 saturated heterocycles. The van der Waals surface area contributed by atoms with E-state index in [0.29, 0.717) is 13.0 Å². The van der Waals surface area contributed by atoms with Crippen LogP contribution in [0, 0.1) is 0 Å². The van der Waals surface area contributed by atoms with Crippen molar-refractivity contribution in [1.82, 2.24) is 14.8 Å². The summed E-state index contributed by atoms with van der Waals surface area (Å²) in [4.78, 5) is 19.0. The highest BCUT2D eigenvalue weighted by Gasteiger charge is 2.35. The Labute approximate surface area is 136 Å². The molecule has 1 aromatic heterocycles. The number of carbonyl (C=O) groups is 1. The standard InChI is InChI=1S/C18H25N3O2/c1-20(2)17(22)11-18(23)8-4-10-21(13-18)12-14-5-3-6-16-15(14)7-9-19-16/h3,5-7,9,19,23H,4,8,10-13H2,1-2H3. The average molecular weight is 315 g/mol. The summed E-state index contributed by atoms with van der Waals surface area (Å²) in [6, 6.07) is 8.35. The maximum absolute atomic E-state index is 12.0. The van der Waals surface area contributed by atoms with Gasteiger partial charge in [0.05, 0.1) is 12.0 Å². The van der Waals surface area contributed by atoms with Gasteiger partial charge in [-0.3, -0.25) is 9.69 Å². The quantitative estimate of drug-likeness (QED) is 0.907. The highest BCUT2D eigenvalue weighted by atomic mass is 16.3. The minimum absolute atomic E-state index is 0.0120. The van der Waals surface area contributed by atoms with Gasteiger partial charge in [-0.25, -0.2) is 0 Å². The molecule has 2 aromatic rings. The van der Waals surface area contributed by atoms with E-state index in [4.69, 9.17) is 0 Å². The number of nitrogens with zero attached hydrogens (tertiary/aromatic N) is 2. The summed E-state index contributed by atoms with van der Waals surface area (Å²) < 4.78 is 0. The number of aromatic nitrogens is 1. The second-order valence-corrected chi connectivity index (χ2v) is 6.86. The monoisotopic (exact) mass is 315 g/mol. The van der Waals surface area contributed by atoms with Gasteiger partial charge in [0, 0.05) is 44.3 Å². The molecule has 1 atom stereocenters. The Morgan fingerprint density at radius 3 is 3.00 bits per heavy atom. The summed E-state index contributed by atoms with van der Waals surface area (Å²) in [5.41, 5.74) is 1.48. The molecule has 2 heterocycles. The lowest BCUT2D eigenvalue weighted by Crippen LogP contribution is -2.50. The highest BCUT2D eigenvalue weighted by Crippen LogP contribution is 2.27. The van der Waals surface area contributed by atoms with Crippen LogP contribution >= 0.6 is 0 Å². The van der Waals surface area contributed by atoms with Crippen LogP contribution in [0.2, 0.25) is 0 Å². The van der Waals surface area contributed by atoms with E-state index in [-0.39, 0.29) is 12.3 Å². The Morgan fingerprint density at radius 2 is 2.22 bits per heavy atom. The SMILES string of the molecule is CN(C)C(=O)CC1(O)CCCN(Cc2cccc3[nH]ccc23)C1. The van der Waals surface area contributed by atoms with E-state index >= 15 is 0 Å². The van der Waals surface area contributed by atoms with Gasteiger partial charge >= 0.3 is 0 Å². The van der Waals surface area contributed by atoms with Gasteiger partial charge in [0.1, 0.15) is 0 Å². The first-order valence-electron chi connectivity index (χ1n) is 8.17. The molecule has 1 aromatic carbocycles. The molecule has 0 saturated carbocycles. The van der Waals surface area contributed by atoms with E-state index in [1.165, 1.54) is 10.9 Å². The predicted molar refractivity (Wildman–Crippen MR) is 91.1 cm³/mol. The van der Waals surface area contributed by atoms with Crippen LogP contribution in [0.3, 0.4) is 0 Å². The summed E-state index contributed by atoms with van der Waals surface area (Å²) in [6.45, 7) is 2.31. The van der Waals surface area contributed by atoms with E-state index in [2.05, 4.69) is 34.1 Å². The van der Waals surface area contributed by atoms with Crippen molar-refractivity contribution in [3.05, 3.63) is 36.0 Å². The summed E-state index contributed by atoms with van der Waals surface area (Å²) >= 11 is 0. The van der Waals surface area contributed by atoms with E-state index in [9.17, 15) is 9.90 Å². The van der Waals surface area contributed by atoms with Crippen molar-refractivity contribution in [1.29, 1.82) is 0 Å². The normalized spacial score (nSPS) is 22.4. The number of aromatic amines is 1. The minimum atomic E-state index is -0.911. The zero-order valence-electron chi connectivity index (χ0n) is 13.9. The Kier molecular flexibility index (Phi) is 4.41. The third-order valence-electron chi connectivity index (χ3n) is 4.69. The molecule has 0 radical (unpaired) electrons. The van der Waals surface area contributed by atoms with Crippen LogP contribution in [-0.2, 0) is 11.3 Å². The lowest BCUT2D eigenvalue weighted by Gasteiger charge is -2.39. The van der Waals surface area contributed by atoms with Crippen LogP contribution in [0.1, 0.15) is 24.8 Å².